The van der Waals surface area contributed by atoms with Crippen LogP contribution in [0.1, 0.15) is 19.4 Å². The number of hydrogen-bond acceptors (Lipinski definition) is 3. The Bertz CT molecular complexity index is 302. The van der Waals surface area contributed by atoms with Crippen LogP contribution in [0.3, 0.4) is 0 Å². The first-order valence-electron chi connectivity index (χ1n) is 5.70. The van der Waals surface area contributed by atoms with Crippen LogP contribution in [0.4, 0.5) is 4.39 Å². The van der Waals surface area contributed by atoms with Gasteiger partial charge in [0.1, 0.15) is 5.82 Å². The van der Waals surface area contributed by atoms with E-state index >= 15 is 0 Å². The number of pyridine rings is 1. The van der Waals surface area contributed by atoms with Crippen molar-refractivity contribution in [2.75, 3.05) is 19.6 Å². The van der Waals surface area contributed by atoms with Gasteiger partial charge < -0.3 is 10.6 Å². The molecule has 1 heterocycles. The molecule has 0 aliphatic carbocycles. The van der Waals surface area contributed by atoms with E-state index in [9.17, 15) is 4.39 Å². The van der Waals surface area contributed by atoms with Gasteiger partial charge in [-0.2, -0.15) is 0 Å². The molecule has 1 rings (SSSR count). The quantitative estimate of drug-likeness (QED) is 0.691. The van der Waals surface area contributed by atoms with Gasteiger partial charge in [-0.25, -0.2) is 4.39 Å². The molecule has 0 unspecified atom stereocenters. The molecule has 0 amide bonds. The molecule has 0 spiro atoms. The molecular formula is C12H20FN3. The molecule has 0 aliphatic rings. The van der Waals surface area contributed by atoms with E-state index in [0.717, 1.165) is 19.6 Å². The van der Waals surface area contributed by atoms with Crippen LogP contribution in [0.5, 0.6) is 0 Å². The Balaban J connectivity index is 2.10. The van der Waals surface area contributed by atoms with Crippen molar-refractivity contribution in [3.05, 3.63) is 29.8 Å². The third-order valence-electron chi connectivity index (χ3n) is 2.20. The van der Waals surface area contributed by atoms with Crippen molar-refractivity contribution in [1.29, 1.82) is 0 Å². The minimum atomic E-state index is -0.245. The first-order chi connectivity index (χ1) is 7.70. The highest BCUT2D eigenvalue weighted by Gasteiger charge is 1.99. The lowest BCUT2D eigenvalue weighted by molar-refractivity contribution is 0.529. The van der Waals surface area contributed by atoms with Crippen molar-refractivity contribution in [2.45, 2.75) is 20.4 Å². The molecule has 4 heteroatoms. The predicted molar refractivity (Wildman–Crippen MR) is 63.6 cm³/mol. The summed E-state index contributed by atoms with van der Waals surface area (Å²) in [5.41, 5.74) is 0.666. The van der Waals surface area contributed by atoms with Crippen LogP contribution >= 0.6 is 0 Å². The minimum absolute atomic E-state index is 0.245. The predicted octanol–water partition coefficient (Wildman–Crippen LogP) is 1.56. The molecule has 0 radical (unpaired) electrons. The zero-order valence-corrected chi connectivity index (χ0v) is 9.96. The summed E-state index contributed by atoms with van der Waals surface area (Å²) in [7, 11) is 0. The largest absolute Gasteiger partial charge is 0.315 e. The van der Waals surface area contributed by atoms with E-state index in [2.05, 4.69) is 29.5 Å². The summed E-state index contributed by atoms with van der Waals surface area (Å²) in [5, 5.41) is 6.50. The van der Waals surface area contributed by atoms with Crippen molar-refractivity contribution >= 4 is 0 Å². The first kappa shape index (κ1) is 13.1. The number of halogens is 1. The number of nitrogens with zero attached hydrogens (tertiary/aromatic N) is 1. The Labute approximate surface area is 96.5 Å². The fourth-order valence-electron chi connectivity index (χ4n) is 1.34. The van der Waals surface area contributed by atoms with Gasteiger partial charge in [0.2, 0.25) is 0 Å². The van der Waals surface area contributed by atoms with Crippen LogP contribution in [0.15, 0.2) is 18.5 Å². The van der Waals surface area contributed by atoms with Crippen molar-refractivity contribution in [1.82, 2.24) is 15.6 Å². The van der Waals surface area contributed by atoms with Gasteiger partial charge in [0.15, 0.2) is 0 Å². The highest BCUT2D eigenvalue weighted by molar-refractivity contribution is 5.11. The smallest absolute Gasteiger partial charge is 0.145 e. The number of nitrogens with one attached hydrogen (secondary N) is 2. The molecule has 2 N–H and O–H groups in total. The Morgan fingerprint density at radius 3 is 2.75 bits per heavy atom. The fourth-order valence-corrected chi connectivity index (χ4v) is 1.34. The molecule has 1 aromatic rings. The van der Waals surface area contributed by atoms with Crippen LogP contribution in [0.2, 0.25) is 0 Å². The summed E-state index contributed by atoms with van der Waals surface area (Å²) >= 11 is 0. The monoisotopic (exact) mass is 225 g/mol. The number of rotatable bonds is 7. The van der Waals surface area contributed by atoms with Gasteiger partial charge in [-0.3, -0.25) is 4.98 Å². The molecule has 16 heavy (non-hydrogen) atoms. The summed E-state index contributed by atoms with van der Waals surface area (Å²) < 4.78 is 13.2. The van der Waals surface area contributed by atoms with Crippen molar-refractivity contribution in [3.63, 3.8) is 0 Å². The summed E-state index contributed by atoms with van der Waals surface area (Å²) in [6.45, 7) is 7.67. The maximum absolute atomic E-state index is 13.2. The van der Waals surface area contributed by atoms with Gasteiger partial charge in [-0.05, 0) is 18.5 Å². The number of aromatic nitrogens is 1. The zero-order chi connectivity index (χ0) is 11.8. The summed E-state index contributed by atoms with van der Waals surface area (Å²) in [6, 6.07) is 1.70. The molecular weight excluding hydrogens is 205 g/mol. The normalized spacial score (nSPS) is 11.0. The molecule has 0 aromatic carbocycles. The van der Waals surface area contributed by atoms with E-state index in [1.165, 1.54) is 6.20 Å². The molecule has 0 atom stereocenters. The average molecular weight is 225 g/mol. The lowest BCUT2D eigenvalue weighted by Crippen LogP contribution is -2.29. The third-order valence-corrected chi connectivity index (χ3v) is 2.20. The van der Waals surface area contributed by atoms with Gasteiger partial charge in [0, 0.05) is 31.4 Å². The minimum Gasteiger partial charge on any atom is -0.315 e. The molecule has 1 aromatic heterocycles. The van der Waals surface area contributed by atoms with Crippen LogP contribution in [-0.2, 0) is 6.54 Å². The van der Waals surface area contributed by atoms with Gasteiger partial charge >= 0.3 is 0 Å². The maximum Gasteiger partial charge on any atom is 0.145 e. The Kier molecular flexibility index (Phi) is 5.96. The maximum atomic E-state index is 13.2. The lowest BCUT2D eigenvalue weighted by atomic mass is 10.2. The van der Waals surface area contributed by atoms with E-state index < -0.39 is 0 Å². The first-order valence-corrected chi connectivity index (χ1v) is 5.70. The van der Waals surface area contributed by atoms with E-state index in [1.807, 2.05) is 0 Å². The van der Waals surface area contributed by atoms with Crippen molar-refractivity contribution in [2.24, 2.45) is 5.92 Å². The Morgan fingerprint density at radius 1 is 1.31 bits per heavy atom. The highest BCUT2D eigenvalue weighted by atomic mass is 19.1. The van der Waals surface area contributed by atoms with Gasteiger partial charge in [0.05, 0.1) is 6.20 Å². The van der Waals surface area contributed by atoms with Crippen LogP contribution in [0, 0.1) is 11.7 Å². The van der Waals surface area contributed by atoms with Crippen molar-refractivity contribution < 1.29 is 4.39 Å². The topological polar surface area (TPSA) is 37.0 Å². The molecule has 0 fully saturated rings. The molecule has 3 nitrogen and oxygen atoms in total. The molecule has 0 saturated carbocycles. The second-order valence-electron chi connectivity index (χ2n) is 4.24. The molecule has 0 bridgehead atoms. The van der Waals surface area contributed by atoms with E-state index in [-0.39, 0.29) is 5.82 Å². The molecule has 90 valence electrons. The van der Waals surface area contributed by atoms with Crippen LogP contribution < -0.4 is 10.6 Å². The van der Waals surface area contributed by atoms with Crippen LogP contribution in [-0.4, -0.2) is 24.6 Å². The van der Waals surface area contributed by atoms with E-state index in [0.29, 0.717) is 18.0 Å². The van der Waals surface area contributed by atoms with Gasteiger partial charge in [-0.15, -0.1) is 0 Å². The van der Waals surface area contributed by atoms with Crippen LogP contribution in [0.25, 0.3) is 0 Å². The second-order valence-corrected chi connectivity index (χ2v) is 4.24. The summed E-state index contributed by atoms with van der Waals surface area (Å²) in [6.07, 6.45) is 2.85. The Hall–Kier alpha value is -1.00. The zero-order valence-electron chi connectivity index (χ0n) is 9.96. The number of hydrogen-bond donors (Lipinski definition) is 2. The second kappa shape index (κ2) is 7.30. The van der Waals surface area contributed by atoms with Gasteiger partial charge in [0.25, 0.3) is 0 Å². The molecule has 0 saturated heterocycles. The summed E-state index contributed by atoms with van der Waals surface area (Å²) in [5.74, 6) is 0.419. The summed E-state index contributed by atoms with van der Waals surface area (Å²) in [4.78, 5) is 3.71. The SMILES string of the molecule is CC(C)CNCCNCc1ccncc1F. The molecule has 0 aliphatic heterocycles. The van der Waals surface area contributed by atoms with E-state index in [4.69, 9.17) is 0 Å². The third kappa shape index (κ3) is 5.19. The standard InChI is InChI=1S/C12H20FN3/c1-10(2)7-15-5-6-16-8-11-3-4-14-9-12(11)13/h3-4,9-10,15-16H,5-8H2,1-2H3. The Morgan fingerprint density at radius 2 is 2.06 bits per heavy atom. The highest BCUT2D eigenvalue weighted by Crippen LogP contribution is 2.02. The fraction of sp³-hybridized carbons (Fsp3) is 0.583. The van der Waals surface area contributed by atoms with E-state index in [1.54, 1.807) is 12.3 Å². The van der Waals surface area contributed by atoms with Crippen molar-refractivity contribution in [3.8, 4) is 0 Å². The lowest BCUT2D eigenvalue weighted by Gasteiger charge is -2.08. The van der Waals surface area contributed by atoms with Gasteiger partial charge in [-0.1, -0.05) is 13.8 Å². The average Bonchev–Trinajstić information content (AvgIpc) is 2.25.